The first kappa shape index (κ1) is 10.8. The van der Waals surface area contributed by atoms with Crippen LogP contribution in [0.25, 0.3) is 0 Å². The maximum Gasteiger partial charge on any atom is 0.137 e. The Morgan fingerprint density at radius 1 is 1.41 bits per heavy atom. The predicted octanol–water partition coefficient (Wildman–Crippen LogP) is 1.28. The van der Waals surface area contributed by atoms with E-state index >= 15 is 0 Å². The van der Waals surface area contributed by atoms with E-state index in [2.05, 4.69) is 21.3 Å². The number of hydrogen-bond acceptors (Lipinski definition) is 4. The van der Waals surface area contributed by atoms with Crippen molar-refractivity contribution in [2.45, 2.75) is 18.9 Å². The minimum absolute atomic E-state index is 0.660. The van der Waals surface area contributed by atoms with Gasteiger partial charge in [0.15, 0.2) is 0 Å². The van der Waals surface area contributed by atoms with Crippen LogP contribution >= 0.6 is 0 Å². The number of ether oxygens (including phenoxy) is 1. The second-order valence-electron chi connectivity index (χ2n) is 4.92. The molecule has 1 N–H and O–H groups in total. The zero-order valence-corrected chi connectivity index (χ0v) is 10.2. The molecule has 2 atom stereocenters. The van der Waals surface area contributed by atoms with E-state index in [4.69, 9.17) is 4.74 Å². The second kappa shape index (κ2) is 4.53. The van der Waals surface area contributed by atoms with Crippen molar-refractivity contribution in [2.75, 3.05) is 31.6 Å². The number of rotatable bonds is 2. The van der Waals surface area contributed by atoms with Crippen molar-refractivity contribution in [2.24, 2.45) is 5.92 Å². The van der Waals surface area contributed by atoms with Gasteiger partial charge in [0, 0.05) is 19.1 Å². The molecule has 2 fully saturated rings. The summed E-state index contributed by atoms with van der Waals surface area (Å²) in [6.07, 6.45) is 4.46. The van der Waals surface area contributed by atoms with Gasteiger partial charge in [-0.1, -0.05) is 0 Å². The summed E-state index contributed by atoms with van der Waals surface area (Å²) < 4.78 is 5.13. The molecular weight excluding hydrogens is 214 g/mol. The minimum atomic E-state index is 0.660. The zero-order valence-electron chi connectivity index (χ0n) is 10.2. The first-order valence-electron chi connectivity index (χ1n) is 6.35. The topological polar surface area (TPSA) is 37.4 Å². The highest BCUT2D eigenvalue weighted by Crippen LogP contribution is 2.28. The molecule has 0 radical (unpaired) electrons. The van der Waals surface area contributed by atoms with Gasteiger partial charge >= 0.3 is 0 Å². The number of pyridine rings is 1. The summed E-state index contributed by atoms with van der Waals surface area (Å²) in [5, 5.41) is 3.61. The molecule has 92 valence electrons. The van der Waals surface area contributed by atoms with E-state index in [0.29, 0.717) is 6.04 Å². The maximum absolute atomic E-state index is 5.13. The predicted molar refractivity (Wildman–Crippen MR) is 67.5 cm³/mol. The van der Waals surface area contributed by atoms with Crippen LogP contribution in [0.3, 0.4) is 0 Å². The molecular formula is C13H19N3O. The van der Waals surface area contributed by atoms with Crippen molar-refractivity contribution in [3.05, 3.63) is 18.3 Å². The lowest BCUT2D eigenvalue weighted by Crippen LogP contribution is -2.40. The lowest BCUT2D eigenvalue weighted by Gasteiger charge is -2.24. The maximum atomic E-state index is 5.13. The van der Waals surface area contributed by atoms with E-state index in [-0.39, 0.29) is 0 Å². The number of nitrogens with one attached hydrogen (secondary N) is 1. The van der Waals surface area contributed by atoms with Crippen molar-refractivity contribution < 1.29 is 4.74 Å². The Morgan fingerprint density at radius 2 is 2.35 bits per heavy atom. The van der Waals surface area contributed by atoms with E-state index < -0.39 is 0 Å². The molecule has 3 heterocycles. The third-order valence-corrected chi connectivity index (χ3v) is 3.88. The monoisotopic (exact) mass is 233 g/mol. The standard InChI is InChI=1S/C13H19N3O/c1-17-11-4-5-13(15-7-11)16-8-10-3-2-6-14-12(10)9-16/h4-5,7,10,12,14H,2-3,6,8-9H2,1H3. The average Bonchev–Trinajstić information content (AvgIpc) is 2.82. The van der Waals surface area contributed by atoms with Gasteiger partial charge in [-0.05, 0) is 37.4 Å². The second-order valence-corrected chi connectivity index (χ2v) is 4.92. The highest BCUT2D eigenvalue weighted by Gasteiger charge is 2.34. The fourth-order valence-electron chi connectivity index (χ4n) is 2.91. The fourth-order valence-corrected chi connectivity index (χ4v) is 2.91. The van der Waals surface area contributed by atoms with Crippen LogP contribution in [0, 0.1) is 5.92 Å². The van der Waals surface area contributed by atoms with E-state index in [1.165, 1.54) is 19.4 Å². The Labute approximate surface area is 102 Å². The Kier molecular flexibility index (Phi) is 2.89. The zero-order chi connectivity index (χ0) is 11.7. The molecule has 2 aliphatic heterocycles. The summed E-state index contributed by atoms with van der Waals surface area (Å²) in [7, 11) is 1.67. The third kappa shape index (κ3) is 2.09. The molecule has 0 saturated carbocycles. The lowest BCUT2D eigenvalue weighted by molar-refractivity contribution is 0.340. The van der Waals surface area contributed by atoms with Gasteiger partial charge in [0.25, 0.3) is 0 Å². The van der Waals surface area contributed by atoms with Crippen LogP contribution in [0.1, 0.15) is 12.8 Å². The minimum Gasteiger partial charge on any atom is -0.495 e. The SMILES string of the molecule is COc1ccc(N2CC3CCCNC3C2)nc1. The van der Waals surface area contributed by atoms with E-state index in [9.17, 15) is 0 Å². The molecule has 0 aromatic carbocycles. The van der Waals surface area contributed by atoms with Crippen molar-refractivity contribution in [3.8, 4) is 5.75 Å². The number of fused-ring (bicyclic) bond motifs is 1. The molecule has 1 aromatic heterocycles. The summed E-state index contributed by atoms with van der Waals surface area (Å²) in [4.78, 5) is 6.84. The largest absolute Gasteiger partial charge is 0.495 e. The molecule has 4 heteroatoms. The normalized spacial score (nSPS) is 27.9. The Morgan fingerprint density at radius 3 is 3.06 bits per heavy atom. The smallest absolute Gasteiger partial charge is 0.137 e. The van der Waals surface area contributed by atoms with Gasteiger partial charge in [-0.3, -0.25) is 0 Å². The molecule has 2 aliphatic rings. The summed E-state index contributed by atoms with van der Waals surface area (Å²) in [6, 6.07) is 4.70. The van der Waals surface area contributed by atoms with Gasteiger partial charge in [-0.25, -0.2) is 4.98 Å². The van der Waals surface area contributed by atoms with E-state index in [0.717, 1.165) is 30.6 Å². The van der Waals surface area contributed by atoms with Crippen molar-refractivity contribution in [3.63, 3.8) is 0 Å². The molecule has 0 aliphatic carbocycles. The van der Waals surface area contributed by atoms with Gasteiger partial charge in [-0.15, -0.1) is 0 Å². The molecule has 4 nitrogen and oxygen atoms in total. The summed E-state index contributed by atoms with van der Waals surface area (Å²) >= 11 is 0. The molecule has 2 saturated heterocycles. The summed E-state index contributed by atoms with van der Waals surface area (Å²) in [6.45, 7) is 3.39. The van der Waals surface area contributed by atoms with Crippen LogP contribution in [-0.4, -0.2) is 37.8 Å². The van der Waals surface area contributed by atoms with Gasteiger partial charge in [0.05, 0.1) is 13.3 Å². The van der Waals surface area contributed by atoms with Crippen LogP contribution in [-0.2, 0) is 0 Å². The third-order valence-electron chi connectivity index (χ3n) is 3.88. The molecule has 17 heavy (non-hydrogen) atoms. The highest BCUT2D eigenvalue weighted by atomic mass is 16.5. The first-order valence-corrected chi connectivity index (χ1v) is 6.35. The number of hydrogen-bond donors (Lipinski definition) is 1. The number of nitrogens with zero attached hydrogens (tertiary/aromatic N) is 2. The van der Waals surface area contributed by atoms with Crippen molar-refractivity contribution >= 4 is 5.82 Å². The van der Waals surface area contributed by atoms with Gasteiger partial charge < -0.3 is 15.0 Å². The molecule has 0 amide bonds. The van der Waals surface area contributed by atoms with Crippen LogP contribution in [0.2, 0.25) is 0 Å². The molecule has 0 bridgehead atoms. The molecule has 1 aromatic rings. The Balaban J connectivity index is 1.72. The number of aromatic nitrogens is 1. The Hall–Kier alpha value is -1.29. The van der Waals surface area contributed by atoms with Crippen LogP contribution < -0.4 is 15.0 Å². The number of anilines is 1. The quantitative estimate of drug-likeness (QED) is 0.835. The van der Waals surface area contributed by atoms with Crippen molar-refractivity contribution in [1.29, 1.82) is 0 Å². The highest BCUT2D eigenvalue weighted by molar-refractivity contribution is 5.42. The number of methoxy groups -OCH3 is 1. The summed E-state index contributed by atoms with van der Waals surface area (Å²) in [5.41, 5.74) is 0. The molecule has 0 spiro atoms. The van der Waals surface area contributed by atoms with Crippen LogP contribution in [0.4, 0.5) is 5.82 Å². The first-order chi connectivity index (χ1) is 8.36. The average molecular weight is 233 g/mol. The molecule has 2 unspecified atom stereocenters. The van der Waals surface area contributed by atoms with Crippen molar-refractivity contribution in [1.82, 2.24) is 10.3 Å². The fraction of sp³-hybridized carbons (Fsp3) is 0.615. The van der Waals surface area contributed by atoms with Gasteiger partial charge in [-0.2, -0.15) is 0 Å². The summed E-state index contributed by atoms with van der Waals surface area (Å²) in [5.74, 6) is 2.69. The van der Waals surface area contributed by atoms with Gasteiger partial charge in [0.1, 0.15) is 11.6 Å². The number of piperidine rings is 1. The van der Waals surface area contributed by atoms with Crippen LogP contribution in [0.15, 0.2) is 18.3 Å². The van der Waals surface area contributed by atoms with Crippen LogP contribution in [0.5, 0.6) is 5.75 Å². The van der Waals surface area contributed by atoms with E-state index in [1.54, 1.807) is 13.3 Å². The Bertz CT molecular complexity index is 365. The van der Waals surface area contributed by atoms with Gasteiger partial charge in [0.2, 0.25) is 0 Å². The molecule has 3 rings (SSSR count). The lowest BCUT2D eigenvalue weighted by atomic mass is 9.94. The van der Waals surface area contributed by atoms with E-state index in [1.807, 2.05) is 6.07 Å².